The lowest BCUT2D eigenvalue weighted by molar-refractivity contribution is 0.570. The van der Waals surface area contributed by atoms with Crippen molar-refractivity contribution in [3.63, 3.8) is 0 Å². The monoisotopic (exact) mass is 292 g/mol. The second kappa shape index (κ2) is 5.62. The van der Waals surface area contributed by atoms with E-state index in [1.165, 1.54) is 6.07 Å². The van der Waals surface area contributed by atoms with Crippen molar-refractivity contribution in [2.45, 2.75) is 45.6 Å². The molecule has 0 saturated heterocycles. The zero-order valence-corrected chi connectivity index (χ0v) is 13.2. The van der Waals surface area contributed by atoms with Crippen molar-refractivity contribution in [2.24, 2.45) is 5.73 Å². The molecule has 0 aliphatic heterocycles. The van der Waals surface area contributed by atoms with Gasteiger partial charge in [0.1, 0.15) is 5.82 Å². The fraction of sp³-hybridized carbons (Fsp3) is 0.438. The molecule has 0 aliphatic carbocycles. The second-order valence-electron chi connectivity index (χ2n) is 6.19. The minimum atomic E-state index is -0.193. The second-order valence-corrected chi connectivity index (χ2v) is 7.14. The molecular formula is C16H21FN2S. The van der Waals surface area contributed by atoms with Gasteiger partial charge in [-0.05, 0) is 24.1 Å². The van der Waals surface area contributed by atoms with Crippen LogP contribution in [0.4, 0.5) is 4.39 Å². The van der Waals surface area contributed by atoms with Gasteiger partial charge in [-0.25, -0.2) is 9.37 Å². The molecule has 0 fully saturated rings. The van der Waals surface area contributed by atoms with Gasteiger partial charge in [-0.3, -0.25) is 0 Å². The van der Waals surface area contributed by atoms with Gasteiger partial charge in [0.15, 0.2) is 0 Å². The first-order chi connectivity index (χ1) is 9.27. The summed E-state index contributed by atoms with van der Waals surface area (Å²) in [5, 5.41) is 3.00. The maximum atomic E-state index is 13.9. The van der Waals surface area contributed by atoms with E-state index in [0.717, 1.165) is 16.3 Å². The Bertz CT molecular complexity index is 597. The summed E-state index contributed by atoms with van der Waals surface area (Å²) in [6, 6.07) is 4.99. The predicted molar refractivity (Wildman–Crippen MR) is 82.6 cm³/mol. The molecule has 0 bridgehead atoms. The Kier molecular flexibility index (Phi) is 4.25. The summed E-state index contributed by atoms with van der Waals surface area (Å²) in [4.78, 5) is 4.61. The maximum Gasteiger partial charge on any atom is 0.126 e. The van der Waals surface area contributed by atoms with Gasteiger partial charge >= 0.3 is 0 Å². The van der Waals surface area contributed by atoms with E-state index in [-0.39, 0.29) is 17.3 Å². The Hall–Kier alpha value is -1.26. The van der Waals surface area contributed by atoms with Gasteiger partial charge in [-0.15, -0.1) is 11.3 Å². The van der Waals surface area contributed by atoms with Crippen LogP contribution in [0.2, 0.25) is 0 Å². The third-order valence-corrected chi connectivity index (χ3v) is 4.11. The number of rotatable bonds is 3. The largest absolute Gasteiger partial charge is 0.324 e. The van der Waals surface area contributed by atoms with E-state index in [4.69, 9.17) is 5.73 Å². The molecule has 2 rings (SSSR count). The first-order valence-electron chi connectivity index (χ1n) is 6.76. The maximum absolute atomic E-state index is 13.9. The van der Waals surface area contributed by atoms with Gasteiger partial charge in [0.05, 0.1) is 10.7 Å². The topological polar surface area (TPSA) is 38.9 Å². The number of benzene rings is 1. The van der Waals surface area contributed by atoms with Crippen LogP contribution in [0.15, 0.2) is 23.6 Å². The number of hydrogen-bond donors (Lipinski definition) is 1. The van der Waals surface area contributed by atoms with Gasteiger partial charge < -0.3 is 5.73 Å². The fourth-order valence-electron chi connectivity index (χ4n) is 1.91. The van der Waals surface area contributed by atoms with Crippen LogP contribution in [-0.4, -0.2) is 4.98 Å². The van der Waals surface area contributed by atoms with Crippen molar-refractivity contribution < 1.29 is 4.39 Å². The van der Waals surface area contributed by atoms with E-state index in [9.17, 15) is 4.39 Å². The van der Waals surface area contributed by atoms with Crippen molar-refractivity contribution in [1.82, 2.24) is 4.98 Å². The van der Waals surface area contributed by atoms with Crippen molar-refractivity contribution in [3.05, 3.63) is 51.2 Å². The summed E-state index contributed by atoms with van der Waals surface area (Å²) in [7, 11) is 0. The first-order valence-corrected chi connectivity index (χ1v) is 7.64. The van der Waals surface area contributed by atoms with Gasteiger partial charge in [0, 0.05) is 23.3 Å². The molecule has 0 aliphatic rings. The fourth-order valence-corrected chi connectivity index (χ4v) is 2.96. The van der Waals surface area contributed by atoms with Gasteiger partial charge in [0.2, 0.25) is 0 Å². The summed E-state index contributed by atoms with van der Waals surface area (Å²) in [6.45, 7) is 8.29. The minimum absolute atomic E-state index is 0.0287. The van der Waals surface area contributed by atoms with Crippen LogP contribution in [-0.2, 0) is 11.8 Å². The summed E-state index contributed by atoms with van der Waals surface area (Å²) in [6.07, 6.45) is 0.521. The highest BCUT2D eigenvalue weighted by Gasteiger charge is 2.18. The average molecular weight is 292 g/mol. The van der Waals surface area contributed by atoms with E-state index in [1.807, 2.05) is 13.0 Å². The molecule has 108 valence electrons. The van der Waals surface area contributed by atoms with Gasteiger partial charge in [-0.1, -0.05) is 32.9 Å². The lowest BCUT2D eigenvalue weighted by Gasteiger charge is -2.14. The molecule has 1 atom stereocenters. The van der Waals surface area contributed by atoms with E-state index in [1.54, 1.807) is 17.4 Å². The molecule has 1 unspecified atom stereocenters. The van der Waals surface area contributed by atoms with Crippen molar-refractivity contribution in [2.75, 3.05) is 0 Å². The molecule has 2 nitrogen and oxygen atoms in total. The normalized spacial score (nSPS) is 13.5. The number of nitrogens with two attached hydrogens (primary N) is 1. The Morgan fingerprint density at radius 1 is 1.35 bits per heavy atom. The molecule has 1 heterocycles. The molecule has 0 amide bonds. The van der Waals surface area contributed by atoms with E-state index in [2.05, 4.69) is 31.1 Å². The van der Waals surface area contributed by atoms with E-state index >= 15 is 0 Å². The Morgan fingerprint density at radius 3 is 2.60 bits per heavy atom. The van der Waals surface area contributed by atoms with Crippen molar-refractivity contribution in [3.8, 4) is 0 Å². The predicted octanol–water partition coefficient (Wildman–Crippen LogP) is 4.19. The van der Waals surface area contributed by atoms with Crippen molar-refractivity contribution in [1.29, 1.82) is 0 Å². The van der Waals surface area contributed by atoms with Crippen molar-refractivity contribution >= 4 is 11.3 Å². The zero-order chi connectivity index (χ0) is 14.9. The van der Waals surface area contributed by atoms with Crippen LogP contribution in [0.25, 0.3) is 0 Å². The Balaban J connectivity index is 2.26. The number of halogens is 1. The quantitative estimate of drug-likeness (QED) is 0.921. The summed E-state index contributed by atoms with van der Waals surface area (Å²) in [5.74, 6) is -0.193. The smallest absolute Gasteiger partial charge is 0.126 e. The number of nitrogens with zero attached hydrogens (tertiary/aromatic N) is 1. The highest BCUT2D eigenvalue weighted by Crippen LogP contribution is 2.26. The summed E-state index contributed by atoms with van der Waals surface area (Å²) >= 11 is 1.59. The third-order valence-electron chi connectivity index (χ3n) is 3.26. The lowest BCUT2D eigenvalue weighted by atomic mass is 9.93. The molecule has 0 spiro atoms. The summed E-state index contributed by atoms with van der Waals surface area (Å²) in [5.41, 5.74) is 8.55. The lowest BCUT2D eigenvalue weighted by Crippen LogP contribution is -2.11. The van der Waals surface area contributed by atoms with Gasteiger partial charge in [-0.2, -0.15) is 0 Å². The molecule has 1 aromatic carbocycles. The SMILES string of the molecule is CC(N)c1ccc(F)c(Cc2nc(C(C)(C)C)cs2)c1. The molecule has 2 N–H and O–H groups in total. The Labute approximate surface area is 123 Å². The number of thiazole rings is 1. The van der Waals surface area contributed by atoms with E-state index < -0.39 is 0 Å². The van der Waals surface area contributed by atoms with Crippen LogP contribution in [0.3, 0.4) is 0 Å². The highest BCUT2D eigenvalue weighted by atomic mass is 32.1. The first kappa shape index (κ1) is 15.1. The van der Waals surface area contributed by atoms with Crippen LogP contribution >= 0.6 is 11.3 Å². The highest BCUT2D eigenvalue weighted by molar-refractivity contribution is 7.09. The minimum Gasteiger partial charge on any atom is -0.324 e. The molecule has 1 aromatic heterocycles. The molecular weight excluding hydrogens is 271 g/mol. The van der Waals surface area contributed by atoms with E-state index in [0.29, 0.717) is 12.0 Å². The van der Waals surface area contributed by atoms with Crippen LogP contribution in [0, 0.1) is 5.82 Å². The third kappa shape index (κ3) is 3.44. The standard InChI is InChI=1S/C16H21FN2S/c1-10(18)11-5-6-13(17)12(7-11)8-15-19-14(9-20-15)16(2,3)4/h5-7,9-10H,8,18H2,1-4H3. The number of aromatic nitrogens is 1. The van der Waals surface area contributed by atoms with Crippen LogP contribution < -0.4 is 5.73 Å². The molecule has 0 radical (unpaired) electrons. The van der Waals surface area contributed by atoms with Crippen LogP contribution in [0.1, 0.15) is 55.6 Å². The zero-order valence-electron chi connectivity index (χ0n) is 12.4. The number of hydrogen-bond acceptors (Lipinski definition) is 3. The van der Waals surface area contributed by atoms with Gasteiger partial charge in [0.25, 0.3) is 0 Å². The average Bonchev–Trinajstić information content (AvgIpc) is 2.80. The molecule has 2 aromatic rings. The molecule has 0 saturated carbocycles. The molecule has 4 heteroatoms. The summed E-state index contributed by atoms with van der Waals surface area (Å²) < 4.78 is 13.9. The molecule has 20 heavy (non-hydrogen) atoms. The van der Waals surface area contributed by atoms with Crippen LogP contribution in [0.5, 0.6) is 0 Å². The Morgan fingerprint density at radius 2 is 2.05 bits per heavy atom.